The van der Waals surface area contributed by atoms with Crippen LogP contribution in [-0.2, 0) is 4.79 Å². The molecule has 0 radical (unpaired) electrons. The molecule has 0 unspecified atom stereocenters. The van der Waals surface area contributed by atoms with Gasteiger partial charge in [-0.2, -0.15) is 0 Å². The Morgan fingerprint density at radius 1 is 1.14 bits per heavy atom. The zero-order chi connectivity index (χ0) is 15.8. The zero-order valence-electron chi connectivity index (χ0n) is 13.1. The SMILES string of the molecule is CCC(CC)(CBr)CN1C(=O)C(=O)c2ccc(C)c(C)c21. The Hall–Kier alpha value is -1.16. The lowest BCUT2D eigenvalue weighted by Crippen LogP contribution is -2.41. The van der Waals surface area contributed by atoms with Gasteiger partial charge in [0.15, 0.2) is 0 Å². The molecule has 1 heterocycles. The molecule has 0 fully saturated rings. The van der Waals surface area contributed by atoms with Gasteiger partial charge in [-0.25, -0.2) is 0 Å². The van der Waals surface area contributed by atoms with Gasteiger partial charge >= 0.3 is 0 Å². The highest BCUT2D eigenvalue weighted by Gasteiger charge is 2.41. The Labute approximate surface area is 134 Å². The predicted molar refractivity (Wildman–Crippen MR) is 89.4 cm³/mol. The van der Waals surface area contributed by atoms with Crippen LogP contribution in [0, 0.1) is 19.3 Å². The minimum atomic E-state index is -0.383. The molecule has 0 spiro atoms. The number of anilines is 1. The maximum absolute atomic E-state index is 12.4. The van der Waals surface area contributed by atoms with Gasteiger partial charge in [-0.1, -0.05) is 35.8 Å². The molecule has 1 amide bonds. The van der Waals surface area contributed by atoms with Gasteiger partial charge in [0.1, 0.15) is 0 Å². The van der Waals surface area contributed by atoms with Crippen molar-refractivity contribution in [2.45, 2.75) is 40.5 Å². The second kappa shape index (κ2) is 5.91. The molecule has 3 nitrogen and oxygen atoms in total. The highest BCUT2D eigenvalue weighted by Crippen LogP contribution is 2.38. The second-order valence-electron chi connectivity index (χ2n) is 5.96. The van der Waals surface area contributed by atoms with Crippen molar-refractivity contribution in [3.05, 3.63) is 28.8 Å². The van der Waals surface area contributed by atoms with E-state index < -0.39 is 0 Å². The van der Waals surface area contributed by atoms with Crippen molar-refractivity contribution in [1.82, 2.24) is 0 Å². The Bertz CT molecular complexity index is 582. The molecule has 1 aromatic carbocycles. The summed E-state index contributed by atoms with van der Waals surface area (Å²) in [6.45, 7) is 8.86. The van der Waals surface area contributed by atoms with Gasteiger partial charge in [-0.05, 0) is 49.3 Å². The number of halogens is 1. The average molecular weight is 352 g/mol. The van der Waals surface area contributed by atoms with Crippen LogP contribution in [0.3, 0.4) is 0 Å². The first-order chi connectivity index (χ1) is 9.90. The van der Waals surface area contributed by atoms with Crippen LogP contribution in [0.2, 0.25) is 0 Å². The molecular weight excluding hydrogens is 330 g/mol. The Kier molecular flexibility index (Phi) is 4.57. The number of carbonyl (C=O) groups excluding carboxylic acids is 2. The molecule has 21 heavy (non-hydrogen) atoms. The summed E-state index contributed by atoms with van der Waals surface area (Å²) in [6.07, 6.45) is 1.93. The van der Waals surface area contributed by atoms with E-state index in [4.69, 9.17) is 0 Å². The van der Waals surface area contributed by atoms with E-state index in [1.807, 2.05) is 19.9 Å². The normalized spacial score (nSPS) is 14.8. The van der Waals surface area contributed by atoms with Crippen molar-refractivity contribution in [1.29, 1.82) is 0 Å². The standard InChI is InChI=1S/C17H22BrNO2/c1-5-17(6-2,9-18)10-19-14-12(4)11(3)7-8-13(14)15(20)16(19)21/h7-8H,5-6,9-10H2,1-4H3. The third-order valence-electron chi connectivity index (χ3n) is 4.93. The van der Waals surface area contributed by atoms with Crippen molar-refractivity contribution in [2.75, 3.05) is 16.8 Å². The molecule has 0 saturated carbocycles. The summed E-state index contributed by atoms with van der Waals surface area (Å²) in [5, 5.41) is 0.825. The Morgan fingerprint density at radius 3 is 2.29 bits per heavy atom. The molecule has 0 atom stereocenters. The number of aryl methyl sites for hydroxylation is 1. The molecule has 2 rings (SSSR count). The highest BCUT2D eigenvalue weighted by molar-refractivity contribution is 9.09. The number of carbonyl (C=O) groups is 2. The molecule has 4 heteroatoms. The van der Waals surface area contributed by atoms with Crippen molar-refractivity contribution in [2.24, 2.45) is 5.41 Å². The number of nitrogens with zero attached hydrogens (tertiary/aromatic N) is 1. The topological polar surface area (TPSA) is 37.4 Å². The van der Waals surface area contributed by atoms with Gasteiger partial charge in [0.05, 0.1) is 11.3 Å². The molecule has 0 N–H and O–H groups in total. The number of rotatable bonds is 5. The van der Waals surface area contributed by atoms with Crippen molar-refractivity contribution in [3.63, 3.8) is 0 Å². The number of fused-ring (bicyclic) bond motifs is 1. The molecule has 1 aromatic rings. The van der Waals surface area contributed by atoms with E-state index in [-0.39, 0.29) is 17.1 Å². The number of alkyl halides is 1. The van der Waals surface area contributed by atoms with Crippen LogP contribution < -0.4 is 4.90 Å². The summed E-state index contributed by atoms with van der Waals surface area (Å²) < 4.78 is 0. The van der Waals surface area contributed by atoms with E-state index in [1.54, 1.807) is 11.0 Å². The smallest absolute Gasteiger partial charge is 0.299 e. The summed E-state index contributed by atoms with van der Waals surface area (Å²) in [4.78, 5) is 26.3. The number of benzene rings is 1. The molecule has 0 bridgehead atoms. The number of hydrogen-bond acceptors (Lipinski definition) is 2. The van der Waals surface area contributed by atoms with Gasteiger partial charge in [-0.3, -0.25) is 9.59 Å². The molecule has 1 aliphatic rings. The summed E-state index contributed by atoms with van der Waals surface area (Å²) >= 11 is 3.59. The van der Waals surface area contributed by atoms with Crippen molar-refractivity contribution >= 4 is 33.3 Å². The van der Waals surface area contributed by atoms with Crippen LogP contribution in [0.4, 0.5) is 5.69 Å². The summed E-state index contributed by atoms with van der Waals surface area (Å²) in [7, 11) is 0. The van der Waals surface area contributed by atoms with Crippen LogP contribution in [-0.4, -0.2) is 23.6 Å². The molecule has 1 aliphatic heterocycles. The van der Waals surface area contributed by atoms with E-state index in [0.29, 0.717) is 12.1 Å². The summed E-state index contributed by atoms with van der Waals surface area (Å²) in [6, 6.07) is 3.70. The minimum absolute atomic E-state index is 0.00767. The zero-order valence-corrected chi connectivity index (χ0v) is 14.7. The first-order valence-electron chi connectivity index (χ1n) is 7.43. The summed E-state index contributed by atoms with van der Waals surface area (Å²) in [5.74, 6) is -0.755. The lowest BCUT2D eigenvalue weighted by molar-refractivity contribution is -0.114. The molecular formula is C17H22BrNO2. The maximum Gasteiger partial charge on any atom is 0.299 e. The van der Waals surface area contributed by atoms with Gasteiger partial charge < -0.3 is 4.90 Å². The first kappa shape index (κ1) is 16.2. The van der Waals surface area contributed by atoms with Gasteiger partial charge in [0, 0.05) is 11.9 Å². The fourth-order valence-corrected chi connectivity index (χ4v) is 3.83. The van der Waals surface area contributed by atoms with Crippen LogP contribution in [0.15, 0.2) is 12.1 Å². The molecule has 0 aliphatic carbocycles. The first-order valence-corrected chi connectivity index (χ1v) is 8.55. The highest BCUT2D eigenvalue weighted by atomic mass is 79.9. The molecule has 114 valence electrons. The van der Waals surface area contributed by atoms with Crippen LogP contribution in [0.1, 0.15) is 48.2 Å². The lowest BCUT2D eigenvalue weighted by atomic mass is 9.84. The third kappa shape index (κ3) is 2.54. The minimum Gasteiger partial charge on any atom is -0.304 e. The van der Waals surface area contributed by atoms with E-state index in [0.717, 1.165) is 35.0 Å². The largest absolute Gasteiger partial charge is 0.304 e. The van der Waals surface area contributed by atoms with Gasteiger partial charge in [0.2, 0.25) is 0 Å². The van der Waals surface area contributed by atoms with E-state index >= 15 is 0 Å². The number of ketones is 1. The number of hydrogen-bond donors (Lipinski definition) is 0. The second-order valence-corrected chi connectivity index (χ2v) is 6.53. The van der Waals surface area contributed by atoms with Crippen LogP contribution in [0.5, 0.6) is 0 Å². The predicted octanol–water partition coefficient (Wildman–Crippen LogP) is 4.03. The lowest BCUT2D eigenvalue weighted by Gasteiger charge is -2.34. The third-order valence-corrected chi connectivity index (χ3v) is 6.12. The van der Waals surface area contributed by atoms with Crippen LogP contribution in [0.25, 0.3) is 0 Å². The van der Waals surface area contributed by atoms with E-state index in [2.05, 4.69) is 29.8 Å². The fraction of sp³-hybridized carbons (Fsp3) is 0.529. The monoisotopic (exact) mass is 351 g/mol. The van der Waals surface area contributed by atoms with Crippen molar-refractivity contribution < 1.29 is 9.59 Å². The molecule has 0 aromatic heterocycles. The van der Waals surface area contributed by atoms with Crippen LogP contribution >= 0.6 is 15.9 Å². The van der Waals surface area contributed by atoms with Gasteiger partial charge in [-0.15, -0.1) is 0 Å². The Balaban J connectivity index is 2.50. The Morgan fingerprint density at radius 2 is 1.76 bits per heavy atom. The average Bonchev–Trinajstić information content (AvgIpc) is 2.73. The maximum atomic E-state index is 12.4. The number of Topliss-reactive ketones (excluding diaryl/α,β-unsaturated/α-hetero) is 1. The number of amides is 1. The fourth-order valence-electron chi connectivity index (χ4n) is 2.86. The quantitative estimate of drug-likeness (QED) is 0.593. The van der Waals surface area contributed by atoms with Gasteiger partial charge in [0.25, 0.3) is 11.7 Å². The summed E-state index contributed by atoms with van der Waals surface area (Å²) in [5.41, 5.74) is 3.52. The van der Waals surface area contributed by atoms with Crippen molar-refractivity contribution in [3.8, 4) is 0 Å². The van der Waals surface area contributed by atoms with E-state index in [1.165, 1.54) is 0 Å². The molecule has 0 saturated heterocycles. The van der Waals surface area contributed by atoms with E-state index in [9.17, 15) is 9.59 Å².